The van der Waals surface area contributed by atoms with Crippen molar-refractivity contribution in [1.29, 1.82) is 0 Å². The molecule has 0 saturated carbocycles. The molecule has 0 aliphatic carbocycles. The van der Waals surface area contributed by atoms with Gasteiger partial charge in [0.1, 0.15) is 5.75 Å². The number of anilines is 2. The Kier molecular flexibility index (Phi) is 8.22. The van der Waals surface area contributed by atoms with Gasteiger partial charge in [0.2, 0.25) is 16.9 Å². The number of amides is 2. The third kappa shape index (κ3) is 6.85. The van der Waals surface area contributed by atoms with Crippen LogP contribution in [0.4, 0.5) is 10.8 Å². The topological polar surface area (TPSA) is 93.2 Å². The SMILES string of the molecule is CCOc1ccccc1NC(=O)CSc1nnc(NC(=O)CCc2ccccc2)s1. The van der Waals surface area contributed by atoms with Crippen LogP contribution in [0, 0.1) is 0 Å². The fourth-order valence-corrected chi connectivity index (χ4v) is 4.14. The number of aryl methyl sites for hydroxylation is 1. The van der Waals surface area contributed by atoms with E-state index in [1.165, 1.54) is 23.1 Å². The van der Waals surface area contributed by atoms with Crippen LogP contribution in [0.3, 0.4) is 0 Å². The number of carbonyl (C=O) groups is 2. The summed E-state index contributed by atoms with van der Waals surface area (Å²) in [6, 6.07) is 17.1. The lowest BCUT2D eigenvalue weighted by Gasteiger charge is -2.10. The molecule has 0 aliphatic heterocycles. The predicted molar refractivity (Wildman–Crippen MR) is 120 cm³/mol. The summed E-state index contributed by atoms with van der Waals surface area (Å²) >= 11 is 2.51. The van der Waals surface area contributed by atoms with Crippen molar-refractivity contribution in [3.63, 3.8) is 0 Å². The maximum atomic E-state index is 12.2. The minimum absolute atomic E-state index is 0.114. The Morgan fingerprint density at radius 3 is 2.57 bits per heavy atom. The van der Waals surface area contributed by atoms with Gasteiger partial charge < -0.3 is 15.4 Å². The molecule has 1 aromatic heterocycles. The van der Waals surface area contributed by atoms with E-state index in [0.29, 0.717) is 40.4 Å². The molecular formula is C21H22N4O3S2. The molecule has 2 N–H and O–H groups in total. The smallest absolute Gasteiger partial charge is 0.234 e. The second kappa shape index (κ2) is 11.3. The molecule has 3 aromatic rings. The molecule has 0 spiro atoms. The summed E-state index contributed by atoms with van der Waals surface area (Å²) in [4.78, 5) is 24.3. The lowest BCUT2D eigenvalue weighted by molar-refractivity contribution is -0.116. The van der Waals surface area contributed by atoms with E-state index in [4.69, 9.17) is 4.74 Å². The zero-order valence-electron chi connectivity index (χ0n) is 16.5. The molecule has 0 bridgehead atoms. The highest BCUT2D eigenvalue weighted by Gasteiger charge is 2.12. The van der Waals surface area contributed by atoms with Gasteiger partial charge in [0.25, 0.3) is 0 Å². The molecule has 3 rings (SSSR count). The van der Waals surface area contributed by atoms with Crippen LogP contribution < -0.4 is 15.4 Å². The number of rotatable bonds is 10. The molecule has 156 valence electrons. The molecule has 30 heavy (non-hydrogen) atoms. The molecule has 2 aromatic carbocycles. The van der Waals surface area contributed by atoms with Crippen molar-refractivity contribution >= 4 is 45.7 Å². The summed E-state index contributed by atoms with van der Waals surface area (Å²) in [7, 11) is 0. The van der Waals surface area contributed by atoms with E-state index in [1.807, 2.05) is 55.5 Å². The number of para-hydroxylation sites is 2. The van der Waals surface area contributed by atoms with Gasteiger partial charge in [0.15, 0.2) is 4.34 Å². The van der Waals surface area contributed by atoms with E-state index in [9.17, 15) is 9.59 Å². The highest BCUT2D eigenvalue weighted by molar-refractivity contribution is 8.01. The molecule has 7 nitrogen and oxygen atoms in total. The predicted octanol–water partition coefficient (Wildman–Crippen LogP) is 4.24. The molecular weight excluding hydrogens is 420 g/mol. The summed E-state index contributed by atoms with van der Waals surface area (Å²) in [5.74, 6) is 0.527. The number of ether oxygens (including phenoxy) is 1. The fraction of sp³-hybridized carbons (Fsp3) is 0.238. The maximum absolute atomic E-state index is 12.2. The molecule has 0 fully saturated rings. The molecule has 1 heterocycles. The first-order valence-corrected chi connectivity index (χ1v) is 11.3. The van der Waals surface area contributed by atoms with Crippen molar-refractivity contribution in [3.8, 4) is 5.75 Å². The van der Waals surface area contributed by atoms with Gasteiger partial charge in [-0.05, 0) is 31.0 Å². The van der Waals surface area contributed by atoms with E-state index in [1.54, 1.807) is 6.07 Å². The number of hydrogen-bond donors (Lipinski definition) is 2. The van der Waals surface area contributed by atoms with E-state index in [0.717, 1.165) is 5.56 Å². The highest BCUT2D eigenvalue weighted by atomic mass is 32.2. The van der Waals surface area contributed by atoms with Crippen LogP contribution in [0.15, 0.2) is 58.9 Å². The average molecular weight is 443 g/mol. The summed E-state index contributed by atoms with van der Waals surface area (Å²) in [6.45, 7) is 2.41. The largest absolute Gasteiger partial charge is 0.492 e. The van der Waals surface area contributed by atoms with Gasteiger partial charge in [-0.2, -0.15) is 0 Å². The first-order chi connectivity index (χ1) is 14.6. The first-order valence-electron chi connectivity index (χ1n) is 9.46. The Bertz CT molecular complexity index is 979. The average Bonchev–Trinajstić information content (AvgIpc) is 3.20. The van der Waals surface area contributed by atoms with Crippen LogP contribution >= 0.6 is 23.1 Å². The van der Waals surface area contributed by atoms with Gasteiger partial charge in [0.05, 0.1) is 18.0 Å². The molecule has 0 saturated heterocycles. The van der Waals surface area contributed by atoms with Crippen LogP contribution in [-0.4, -0.2) is 34.4 Å². The number of nitrogens with one attached hydrogen (secondary N) is 2. The van der Waals surface area contributed by atoms with Gasteiger partial charge in [0, 0.05) is 6.42 Å². The Labute approximate surface area is 183 Å². The fourth-order valence-electron chi connectivity index (χ4n) is 2.57. The number of aromatic nitrogens is 2. The highest BCUT2D eigenvalue weighted by Crippen LogP contribution is 2.27. The first kappa shape index (κ1) is 21.8. The van der Waals surface area contributed by atoms with E-state index >= 15 is 0 Å². The summed E-state index contributed by atoms with van der Waals surface area (Å²) in [5, 5.41) is 14.0. The molecule has 2 amide bonds. The normalized spacial score (nSPS) is 10.4. The van der Waals surface area contributed by atoms with Gasteiger partial charge in [-0.15, -0.1) is 10.2 Å². The Balaban J connectivity index is 1.44. The molecule has 0 radical (unpaired) electrons. The number of carbonyl (C=O) groups excluding carboxylic acids is 2. The Morgan fingerprint density at radius 1 is 1.00 bits per heavy atom. The Morgan fingerprint density at radius 2 is 1.77 bits per heavy atom. The summed E-state index contributed by atoms with van der Waals surface area (Å²) in [5.41, 5.74) is 1.74. The van der Waals surface area contributed by atoms with Gasteiger partial charge in [-0.25, -0.2) is 0 Å². The standard InChI is InChI=1S/C21H22N4O3S2/c1-2-28-17-11-7-6-10-16(17)22-19(27)14-29-21-25-24-20(30-21)23-18(26)13-12-15-8-4-3-5-9-15/h3-11H,2,12-14H2,1H3,(H,22,27)(H,23,24,26). The van der Waals surface area contributed by atoms with Crippen LogP contribution in [-0.2, 0) is 16.0 Å². The van der Waals surface area contributed by atoms with Crippen molar-refractivity contribution < 1.29 is 14.3 Å². The lowest BCUT2D eigenvalue weighted by atomic mass is 10.1. The quantitative estimate of drug-likeness (QED) is 0.360. The molecule has 9 heteroatoms. The number of thioether (sulfide) groups is 1. The second-order valence-corrected chi connectivity index (χ2v) is 8.37. The van der Waals surface area contributed by atoms with Crippen molar-refractivity contribution in [2.75, 3.05) is 23.0 Å². The van der Waals surface area contributed by atoms with Gasteiger partial charge in [-0.3, -0.25) is 9.59 Å². The van der Waals surface area contributed by atoms with Crippen LogP contribution in [0.1, 0.15) is 18.9 Å². The molecule has 0 aliphatic rings. The molecule has 0 unspecified atom stereocenters. The third-order valence-electron chi connectivity index (χ3n) is 3.92. The van der Waals surface area contributed by atoms with E-state index < -0.39 is 0 Å². The van der Waals surface area contributed by atoms with Crippen LogP contribution in [0.5, 0.6) is 5.75 Å². The van der Waals surface area contributed by atoms with Crippen molar-refractivity contribution in [2.45, 2.75) is 24.1 Å². The molecule has 0 atom stereocenters. The van der Waals surface area contributed by atoms with E-state index in [-0.39, 0.29) is 17.6 Å². The minimum atomic E-state index is -0.171. The van der Waals surface area contributed by atoms with Crippen molar-refractivity contribution in [1.82, 2.24) is 10.2 Å². The zero-order chi connectivity index (χ0) is 21.2. The lowest BCUT2D eigenvalue weighted by Crippen LogP contribution is -2.14. The number of nitrogens with zero attached hydrogens (tertiary/aromatic N) is 2. The third-order valence-corrected chi connectivity index (χ3v) is 5.90. The summed E-state index contributed by atoms with van der Waals surface area (Å²) in [6.07, 6.45) is 1.03. The second-order valence-electron chi connectivity index (χ2n) is 6.17. The summed E-state index contributed by atoms with van der Waals surface area (Å²) < 4.78 is 6.12. The van der Waals surface area contributed by atoms with Crippen LogP contribution in [0.2, 0.25) is 0 Å². The Hall–Kier alpha value is -2.91. The minimum Gasteiger partial charge on any atom is -0.492 e. The monoisotopic (exact) mass is 442 g/mol. The van der Waals surface area contributed by atoms with E-state index in [2.05, 4.69) is 20.8 Å². The van der Waals surface area contributed by atoms with Gasteiger partial charge in [-0.1, -0.05) is 65.6 Å². The van der Waals surface area contributed by atoms with Gasteiger partial charge >= 0.3 is 0 Å². The number of benzene rings is 2. The van der Waals surface area contributed by atoms with Crippen molar-refractivity contribution in [3.05, 3.63) is 60.2 Å². The zero-order valence-corrected chi connectivity index (χ0v) is 18.1. The maximum Gasteiger partial charge on any atom is 0.234 e. The van der Waals surface area contributed by atoms with Crippen LogP contribution in [0.25, 0.3) is 0 Å². The number of hydrogen-bond acceptors (Lipinski definition) is 7. The van der Waals surface area contributed by atoms with Crippen molar-refractivity contribution in [2.24, 2.45) is 0 Å².